The van der Waals surface area contributed by atoms with Crippen LogP contribution in [0.3, 0.4) is 0 Å². The Hall–Kier alpha value is -3.68. The quantitative estimate of drug-likeness (QED) is 0.510. The average Bonchev–Trinajstić information content (AvgIpc) is 3.21. The van der Waals surface area contributed by atoms with Crippen LogP contribution in [-0.4, -0.2) is 25.2 Å². The third-order valence-electron chi connectivity index (χ3n) is 4.85. The van der Waals surface area contributed by atoms with Gasteiger partial charge >= 0.3 is 0 Å². The Balaban J connectivity index is 1.67. The number of nitrogens with one attached hydrogen (secondary N) is 1. The van der Waals surface area contributed by atoms with E-state index in [2.05, 4.69) is 22.0 Å². The van der Waals surface area contributed by atoms with Gasteiger partial charge in [0.15, 0.2) is 5.58 Å². The Kier molecular flexibility index (Phi) is 4.75. The van der Waals surface area contributed by atoms with Gasteiger partial charge in [-0.3, -0.25) is 14.6 Å². The lowest BCUT2D eigenvalue weighted by atomic mass is 10.1. The molecule has 1 atom stereocenters. The zero-order chi connectivity index (χ0) is 20.5. The molecule has 0 saturated carbocycles. The van der Waals surface area contributed by atoms with Crippen molar-refractivity contribution in [3.8, 4) is 0 Å². The minimum absolute atomic E-state index is 0.177. The van der Waals surface area contributed by atoms with Gasteiger partial charge in [-0.05, 0) is 31.5 Å². The van der Waals surface area contributed by atoms with Crippen LogP contribution in [0.1, 0.15) is 24.3 Å². The molecule has 0 aliphatic heterocycles. The second-order valence-corrected chi connectivity index (χ2v) is 6.91. The third kappa shape index (κ3) is 3.33. The van der Waals surface area contributed by atoms with E-state index in [1.54, 1.807) is 24.7 Å². The molecule has 0 aliphatic carbocycles. The van der Waals surface area contributed by atoms with Crippen LogP contribution in [0.4, 0.5) is 0 Å². The van der Waals surface area contributed by atoms with Gasteiger partial charge in [-0.15, -0.1) is 6.58 Å². The number of rotatable bonds is 6. The van der Waals surface area contributed by atoms with Gasteiger partial charge in [0.1, 0.15) is 17.8 Å². The first kappa shape index (κ1) is 18.7. The van der Waals surface area contributed by atoms with Crippen molar-refractivity contribution in [1.29, 1.82) is 0 Å². The Morgan fingerprint density at radius 1 is 1.38 bits per heavy atom. The van der Waals surface area contributed by atoms with Crippen molar-refractivity contribution in [2.75, 3.05) is 0 Å². The van der Waals surface area contributed by atoms with Crippen molar-refractivity contribution in [2.24, 2.45) is 0 Å². The molecule has 0 aromatic carbocycles. The summed E-state index contributed by atoms with van der Waals surface area (Å²) in [6, 6.07) is 5.34. The summed E-state index contributed by atoms with van der Waals surface area (Å²) in [5.41, 5.74) is 2.46. The van der Waals surface area contributed by atoms with Crippen LogP contribution in [-0.2, 0) is 17.9 Å². The van der Waals surface area contributed by atoms with Crippen LogP contribution < -0.4 is 10.9 Å². The maximum Gasteiger partial charge on any atom is 0.291 e. The fourth-order valence-electron chi connectivity index (χ4n) is 3.51. The topological polar surface area (TPSA) is 94.9 Å². The predicted molar refractivity (Wildman–Crippen MR) is 109 cm³/mol. The summed E-state index contributed by atoms with van der Waals surface area (Å²) < 4.78 is 8.77. The molecule has 4 heterocycles. The molecule has 29 heavy (non-hydrogen) atoms. The van der Waals surface area contributed by atoms with Gasteiger partial charge in [0, 0.05) is 25.0 Å². The second-order valence-electron chi connectivity index (χ2n) is 6.91. The van der Waals surface area contributed by atoms with Crippen molar-refractivity contribution in [2.45, 2.75) is 33.0 Å². The van der Waals surface area contributed by atoms with Gasteiger partial charge in [-0.2, -0.15) is 5.10 Å². The number of fused-ring (bicyclic) bond motifs is 3. The van der Waals surface area contributed by atoms with E-state index in [4.69, 9.17) is 4.42 Å². The molecular formula is C21H21N5O3. The zero-order valence-electron chi connectivity index (χ0n) is 16.3. The molecule has 4 aromatic rings. The fraction of sp³-hybridized carbons (Fsp3) is 0.238. The summed E-state index contributed by atoms with van der Waals surface area (Å²) >= 11 is 0. The number of furan rings is 1. The van der Waals surface area contributed by atoms with Crippen molar-refractivity contribution in [3.63, 3.8) is 0 Å². The van der Waals surface area contributed by atoms with E-state index in [9.17, 15) is 9.59 Å². The number of hydrogen-bond donors (Lipinski definition) is 1. The molecule has 0 saturated heterocycles. The number of nitrogens with zero attached hydrogens (tertiary/aromatic N) is 4. The normalized spacial score (nSPS) is 12.3. The highest BCUT2D eigenvalue weighted by Crippen LogP contribution is 2.29. The Labute approximate surface area is 166 Å². The fourth-order valence-corrected chi connectivity index (χ4v) is 3.51. The summed E-state index contributed by atoms with van der Waals surface area (Å²) in [7, 11) is 0. The molecule has 0 bridgehead atoms. The summed E-state index contributed by atoms with van der Waals surface area (Å²) in [6.45, 7) is 7.77. The Morgan fingerprint density at radius 3 is 2.86 bits per heavy atom. The Bertz CT molecular complexity index is 1270. The van der Waals surface area contributed by atoms with Gasteiger partial charge in [-0.1, -0.05) is 6.08 Å². The van der Waals surface area contributed by atoms with Gasteiger partial charge in [-0.25, -0.2) is 4.68 Å². The van der Waals surface area contributed by atoms with Crippen molar-refractivity contribution >= 4 is 27.9 Å². The monoisotopic (exact) mass is 391 g/mol. The van der Waals surface area contributed by atoms with Gasteiger partial charge in [0.05, 0.1) is 23.1 Å². The number of allylic oxidation sites excluding steroid dienone is 1. The molecule has 0 fully saturated rings. The van der Waals surface area contributed by atoms with Gasteiger partial charge < -0.3 is 14.3 Å². The molecule has 148 valence electrons. The van der Waals surface area contributed by atoms with Crippen LogP contribution in [0, 0.1) is 6.92 Å². The number of amides is 1. The number of aryl methyl sites for hydroxylation is 1. The summed E-state index contributed by atoms with van der Waals surface area (Å²) in [5.74, 6) is 0.452. The molecule has 0 aliphatic rings. The molecule has 8 nitrogen and oxygen atoms in total. The lowest BCUT2D eigenvalue weighted by molar-refractivity contribution is -0.122. The van der Waals surface area contributed by atoms with E-state index in [1.807, 2.05) is 36.6 Å². The zero-order valence-corrected chi connectivity index (χ0v) is 16.3. The van der Waals surface area contributed by atoms with E-state index < -0.39 is 0 Å². The van der Waals surface area contributed by atoms with E-state index in [0.29, 0.717) is 23.0 Å². The number of aromatic nitrogens is 4. The van der Waals surface area contributed by atoms with Crippen LogP contribution in [0.5, 0.6) is 0 Å². The Morgan fingerprint density at radius 2 is 2.14 bits per heavy atom. The van der Waals surface area contributed by atoms with E-state index in [-0.39, 0.29) is 24.1 Å². The lowest BCUT2D eigenvalue weighted by Gasteiger charge is -2.14. The summed E-state index contributed by atoms with van der Waals surface area (Å²) in [5, 5.41) is 7.70. The standard InChI is InChI=1S/C21H21N5O3/c1-4-9-25-17-10-13(2)29-20(17)16-11-23-26(21(28)19(16)25)12-18(27)24-14(3)15-5-7-22-8-6-15/h4-8,10-11,14H,1,9,12H2,2-3H3,(H,24,27)/t14-/m0/s1. The third-order valence-corrected chi connectivity index (χ3v) is 4.85. The number of hydrogen-bond acceptors (Lipinski definition) is 5. The lowest BCUT2D eigenvalue weighted by Crippen LogP contribution is -2.35. The van der Waals surface area contributed by atoms with Crippen LogP contribution in [0.15, 0.2) is 58.7 Å². The van der Waals surface area contributed by atoms with Crippen LogP contribution in [0.25, 0.3) is 22.0 Å². The number of pyridine rings is 1. The second kappa shape index (κ2) is 7.38. The van der Waals surface area contributed by atoms with E-state index in [1.165, 1.54) is 4.68 Å². The smallest absolute Gasteiger partial charge is 0.291 e. The number of carbonyl (C=O) groups excluding carboxylic acids is 1. The number of carbonyl (C=O) groups is 1. The molecule has 1 N–H and O–H groups in total. The van der Waals surface area contributed by atoms with Crippen LogP contribution in [0.2, 0.25) is 0 Å². The maximum absolute atomic E-state index is 13.1. The SMILES string of the molecule is C=CCn1c2cc(C)oc2c2cnn(CC(=O)N[C@@H](C)c3ccncc3)c(=O)c21. The average molecular weight is 391 g/mol. The first-order chi connectivity index (χ1) is 14.0. The van der Waals surface area contributed by atoms with Crippen molar-refractivity contribution in [3.05, 3.63) is 71.1 Å². The van der Waals surface area contributed by atoms with Crippen molar-refractivity contribution < 1.29 is 9.21 Å². The van der Waals surface area contributed by atoms with Crippen molar-refractivity contribution in [1.82, 2.24) is 24.6 Å². The van der Waals surface area contributed by atoms with E-state index >= 15 is 0 Å². The molecule has 4 rings (SSSR count). The minimum atomic E-state index is -0.347. The molecular weight excluding hydrogens is 370 g/mol. The first-order valence-electron chi connectivity index (χ1n) is 9.28. The molecule has 8 heteroatoms. The van der Waals surface area contributed by atoms with Gasteiger partial charge in [0.2, 0.25) is 5.91 Å². The highest BCUT2D eigenvalue weighted by atomic mass is 16.3. The first-order valence-corrected chi connectivity index (χ1v) is 9.28. The molecule has 0 radical (unpaired) electrons. The molecule has 4 aromatic heterocycles. The summed E-state index contributed by atoms with van der Waals surface area (Å²) in [6.07, 6.45) is 6.63. The molecule has 0 spiro atoms. The highest BCUT2D eigenvalue weighted by molar-refractivity contribution is 6.04. The van der Waals surface area contributed by atoms with E-state index in [0.717, 1.165) is 16.8 Å². The largest absolute Gasteiger partial charge is 0.459 e. The van der Waals surface area contributed by atoms with Gasteiger partial charge in [0.25, 0.3) is 5.56 Å². The molecule has 0 unspecified atom stereocenters. The minimum Gasteiger partial charge on any atom is -0.459 e. The summed E-state index contributed by atoms with van der Waals surface area (Å²) in [4.78, 5) is 29.5. The molecule has 1 amide bonds. The maximum atomic E-state index is 13.1. The highest BCUT2D eigenvalue weighted by Gasteiger charge is 2.20. The predicted octanol–water partition coefficient (Wildman–Crippen LogP) is 2.71. The van der Waals surface area contributed by atoms with Crippen LogP contribution >= 0.6 is 0 Å².